The van der Waals surface area contributed by atoms with Crippen molar-refractivity contribution in [2.24, 2.45) is 17.7 Å². The van der Waals surface area contributed by atoms with Crippen LogP contribution < -0.4 is 11.3 Å². The van der Waals surface area contributed by atoms with Gasteiger partial charge in [-0.05, 0) is 24.7 Å². The van der Waals surface area contributed by atoms with Gasteiger partial charge in [0.15, 0.2) is 0 Å². The number of nitrogens with one attached hydrogen (secondary N) is 1. The molecule has 0 aromatic carbocycles. The Morgan fingerprint density at radius 3 is 1.69 bits per heavy atom. The summed E-state index contributed by atoms with van der Waals surface area (Å²) < 4.78 is 0. The van der Waals surface area contributed by atoms with E-state index in [-0.39, 0.29) is 0 Å². The van der Waals surface area contributed by atoms with E-state index in [1.54, 1.807) is 0 Å². The van der Waals surface area contributed by atoms with Crippen molar-refractivity contribution in [1.29, 1.82) is 0 Å². The first kappa shape index (κ1) is 12.4. The summed E-state index contributed by atoms with van der Waals surface area (Å²) in [5, 5.41) is 0. The lowest BCUT2D eigenvalue weighted by Gasteiger charge is -2.27. The topological polar surface area (TPSA) is 38.0 Å². The Balaban J connectivity index is 1.70. The molecule has 16 heavy (non-hydrogen) atoms. The summed E-state index contributed by atoms with van der Waals surface area (Å²) in [6.45, 7) is 0. The molecule has 2 fully saturated rings. The van der Waals surface area contributed by atoms with E-state index in [0.717, 1.165) is 11.8 Å². The van der Waals surface area contributed by atoms with Crippen LogP contribution in [0.15, 0.2) is 0 Å². The van der Waals surface area contributed by atoms with E-state index >= 15 is 0 Å². The standard InChI is InChI=1S/C14H28N2/c15-16-14(11-13-8-4-5-9-13)10-12-6-2-1-3-7-12/h12-14,16H,1-11,15H2. The minimum Gasteiger partial charge on any atom is -0.271 e. The average Bonchev–Trinajstić information content (AvgIpc) is 2.82. The smallest absolute Gasteiger partial charge is 0.0215 e. The number of hydrogen-bond donors (Lipinski definition) is 2. The van der Waals surface area contributed by atoms with Crippen LogP contribution in [0.2, 0.25) is 0 Å². The molecule has 2 aliphatic rings. The Morgan fingerprint density at radius 2 is 1.25 bits per heavy atom. The summed E-state index contributed by atoms with van der Waals surface area (Å²) in [5.41, 5.74) is 3.08. The summed E-state index contributed by atoms with van der Waals surface area (Å²) in [4.78, 5) is 0. The van der Waals surface area contributed by atoms with Crippen LogP contribution in [0.4, 0.5) is 0 Å². The lowest BCUT2D eigenvalue weighted by Crippen LogP contribution is -2.38. The average molecular weight is 224 g/mol. The van der Waals surface area contributed by atoms with E-state index in [0.29, 0.717) is 6.04 Å². The largest absolute Gasteiger partial charge is 0.271 e. The highest BCUT2D eigenvalue weighted by Crippen LogP contribution is 2.32. The molecule has 0 heterocycles. The Labute approximate surface area is 100 Å². The monoisotopic (exact) mass is 224 g/mol. The van der Waals surface area contributed by atoms with Gasteiger partial charge in [0.25, 0.3) is 0 Å². The second-order valence-corrected chi connectivity index (χ2v) is 5.99. The quantitative estimate of drug-likeness (QED) is 0.555. The highest BCUT2D eigenvalue weighted by atomic mass is 15.2. The van der Waals surface area contributed by atoms with Gasteiger partial charge in [0.05, 0.1) is 0 Å². The molecule has 0 saturated heterocycles. The van der Waals surface area contributed by atoms with Gasteiger partial charge in [-0.25, -0.2) is 0 Å². The van der Waals surface area contributed by atoms with E-state index in [2.05, 4.69) is 5.43 Å². The second-order valence-electron chi connectivity index (χ2n) is 5.99. The first-order chi connectivity index (χ1) is 7.88. The molecule has 0 amide bonds. The fraction of sp³-hybridized carbons (Fsp3) is 1.00. The molecular formula is C14H28N2. The molecule has 1 unspecified atom stereocenters. The van der Waals surface area contributed by atoms with Crippen molar-refractivity contribution in [2.75, 3.05) is 0 Å². The fourth-order valence-electron chi connectivity index (χ4n) is 3.71. The van der Waals surface area contributed by atoms with Crippen LogP contribution in [0.25, 0.3) is 0 Å². The van der Waals surface area contributed by atoms with Gasteiger partial charge < -0.3 is 0 Å². The van der Waals surface area contributed by atoms with E-state index < -0.39 is 0 Å². The van der Waals surface area contributed by atoms with Crippen LogP contribution in [0.3, 0.4) is 0 Å². The molecule has 1 atom stereocenters. The number of rotatable bonds is 5. The van der Waals surface area contributed by atoms with E-state index in [4.69, 9.17) is 5.84 Å². The minimum atomic E-state index is 0.589. The third-order valence-corrected chi connectivity index (χ3v) is 4.67. The number of hydrazine groups is 1. The van der Waals surface area contributed by atoms with Crippen molar-refractivity contribution in [3.05, 3.63) is 0 Å². The van der Waals surface area contributed by atoms with Gasteiger partial charge in [0, 0.05) is 6.04 Å². The van der Waals surface area contributed by atoms with Crippen LogP contribution in [-0.4, -0.2) is 6.04 Å². The van der Waals surface area contributed by atoms with Crippen LogP contribution in [0.5, 0.6) is 0 Å². The van der Waals surface area contributed by atoms with Gasteiger partial charge in [-0.15, -0.1) is 0 Å². The molecule has 2 heteroatoms. The molecular weight excluding hydrogens is 196 g/mol. The van der Waals surface area contributed by atoms with Gasteiger partial charge in [-0.2, -0.15) is 0 Å². The first-order valence-corrected chi connectivity index (χ1v) is 7.34. The molecule has 0 aromatic rings. The Kier molecular flexibility index (Phi) is 5.11. The van der Waals surface area contributed by atoms with Crippen molar-refractivity contribution in [1.82, 2.24) is 5.43 Å². The summed E-state index contributed by atoms with van der Waals surface area (Å²) in [5.74, 6) is 7.64. The number of hydrogen-bond acceptors (Lipinski definition) is 2. The highest BCUT2D eigenvalue weighted by molar-refractivity contribution is 4.78. The van der Waals surface area contributed by atoms with E-state index in [1.165, 1.54) is 70.6 Å². The molecule has 2 saturated carbocycles. The van der Waals surface area contributed by atoms with Crippen molar-refractivity contribution in [3.63, 3.8) is 0 Å². The summed E-state index contributed by atoms with van der Waals surface area (Å²) >= 11 is 0. The lowest BCUT2D eigenvalue weighted by atomic mass is 9.83. The molecule has 0 spiro atoms. The van der Waals surface area contributed by atoms with Crippen LogP contribution in [-0.2, 0) is 0 Å². The lowest BCUT2D eigenvalue weighted by molar-refractivity contribution is 0.273. The molecule has 2 nitrogen and oxygen atoms in total. The SMILES string of the molecule is NNC(CC1CCCCC1)CC1CCCC1. The van der Waals surface area contributed by atoms with Gasteiger partial charge in [-0.3, -0.25) is 11.3 Å². The van der Waals surface area contributed by atoms with Crippen molar-refractivity contribution >= 4 is 0 Å². The molecule has 0 aromatic heterocycles. The van der Waals surface area contributed by atoms with Gasteiger partial charge in [0.2, 0.25) is 0 Å². The minimum absolute atomic E-state index is 0.589. The predicted molar refractivity (Wildman–Crippen MR) is 68.9 cm³/mol. The fourth-order valence-corrected chi connectivity index (χ4v) is 3.71. The Morgan fingerprint density at radius 1 is 0.812 bits per heavy atom. The van der Waals surface area contributed by atoms with E-state index in [1.807, 2.05) is 0 Å². The van der Waals surface area contributed by atoms with Gasteiger partial charge in [-0.1, -0.05) is 57.8 Å². The predicted octanol–water partition coefficient (Wildman–Crippen LogP) is 3.37. The van der Waals surface area contributed by atoms with Crippen LogP contribution in [0.1, 0.15) is 70.6 Å². The maximum absolute atomic E-state index is 5.72. The summed E-state index contributed by atoms with van der Waals surface area (Å²) in [6.07, 6.45) is 15.7. The maximum Gasteiger partial charge on any atom is 0.0215 e. The maximum atomic E-state index is 5.72. The third kappa shape index (κ3) is 3.74. The first-order valence-electron chi connectivity index (χ1n) is 7.34. The van der Waals surface area contributed by atoms with E-state index in [9.17, 15) is 0 Å². The molecule has 94 valence electrons. The highest BCUT2D eigenvalue weighted by Gasteiger charge is 2.23. The Hall–Kier alpha value is -0.0800. The Bertz CT molecular complexity index is 181. The van der Waals surface area contributed by atoms with Crippen molar-refractivity contribution < 1.29 is 0 Å². The van der Waals surface area contributed by atoms with Crippen molar-refractivity contribution in [3.8, 4) is 0 Å². The zero-order valence-electron chi connectivity index (χ0n) is 10.6. The van der Waals surface area contributed by atoms with Crippen molar-refractivity contribution in [2.45, 2.75) is 76.7 Å². The zero-order chi connectivity index (χ0) is 11.2. The molecule has 2 aliphatic carbocycles. The molecule has 0 bridgehead atoms. The third-order valence-electron chi connectivity index (χ3n) is 4.67. The molecule has 2 rings (SSSR count). The molecule has 3 N–H and O–H groups in total. The summed E-state index contributed by atoms with van der Waals surface area (Å²) in [6, 6.07) is 0.589. The van der Waals surface area contributed by atoms with Crippen LogP contribution in [0, 0.1) is 11.8 Å². The zero-order valence-corrected chi connectivity index (χ0v) is 10.6. The van der Waals surface area contributed by atoms with Gasteiger partial charge >= 0.3 is 0 Å². The number of nitrogens with two attached hydrogens (primary N) is 1. The molecule has 0 radical (unpaired) electrons. The van der Waals surface area contributed by atoms with Gasteiger partial charge in [0.1, 0.15) is 0 Å². The normalized spacial score (nSPS) is 26.1. The van der Waals surface area contributed by atoms with Crippen LogP contribution >= 0.6 is 0 Å². The second kappa shape index (κ2) is 6.61. The summed E-state index contributed by atoms with van der Waals surface area (Å²) in [7, 11) is 0. The molecule has 0 aliphatic heterocycles.